The first kappa shape index (κ1) is 26.1. The summed E-state index contributed by atoms with van der Waals surface area (Å²) in [5.41, 5.74) is 6.48. The van der Waals surface area contributed by atoms with Crippen LogP contribution in [-0.2, 0) is 10.2 Å². The zero-order chi connectivity index (χ0) is 26.7. The van der Waals surface area contributed by atoms with E-state index in [1.165, 1.54) is 6.21 Å². The first-order valence-electron chi connectivity index (χ1n) is 12.1. The van der Waals surface area contributed by atoms with Crippen molar-refractivity contribution >= 4 is 50.0 Å². The number of hydrogen-bond acceptors (Lipinski definition) is 4. The fraction of sp³-hybridized carbons (Fsp3) is 0.129. The molecule has 5 nitrogen and oxygen atoms in total. The molecule has 1 aliphatic carbocycles. The van der Waals surface area contributed by atoms with Gasteiger partial charge in [-0.1, -0.05) is 94.3 Å². The van der Waals surface area contributed by atoms with Crippen molar-refractivity contribution in [3.05, 3.63) is 134 Å². The quantitative estimate of drug-likeness (QED) is 0.102. The first-order valence-corrected chi connectivity index (χ1v) is 13.7. The highest BCUT2D eigenvalue weighted by Gasteiger charge is 2.60. The molecule has 1 aliphatic rings. The summed E-state index contributed by atoms with van der Waals surface area (Å²) < 4.78 is 7.07. The second-order valence-electron chi connectivity index (χ2n) is 9.26. The Labute approximate surface area is 238 Å². The molecule has 38 heavy (non-hydrogen) atoms. The molecule has 1 atom stereocenters. The van der Waals surface area contributed by atoms with Gasteiger partial charge in [0.1, 0.15) is 0 Å². The normalized spacial score (nSPS) is 15.7. The topological polar surface area (TPSA) is 67.8 Å². The molecular formula is C31H24Br2N2O3. The molecule has 1 fully saturated rings. The van der Waals surface area contributed by atoms with E-state index in [-0.39, 0.29) is 17.2 Å². The minimum atomic E-state index is -0.483. The highest BCUT2D eigenvalue weighted by atomic mass is 79.9. The summed E-state index contributed by atoms with van der Waals surface area (Å²) in [6, 6.07) is 31.0. The van der Waals surface area contributed by atoms with Crippen molar-refractivity contribution in [1.29, 1.82) is 0 Å². The number of ether oxygens (including phenoxy) is 1. The van der Waals surface area contributed by atoms with Crippen LogP contribution in [0.15, 0.2) is 111 Å². The van der Waals surface area contributed by atoms with Crippen molar-refractivity contribution in [2.45, 2.75) is 18.8 Å². The van der Waals surface area contributed by atoms with Gasteiger partial charge in [0, 0.05) is 15.5 Å². The molecule has 1 saturated carbocycles. The van der Waals surface area contributed by atoms with Crippen molar-refractivity contribution in [2.24, 2.45) is 11.0 Å². The van der Waals surface area contributed by atoms with Gasteiger partial charge in [0.25, 0.3) is 0 Å². The standard InChI is InChI=1S/C31H24Br2N2O3/c1-20-9-8-10-21(15-20)30(37)38-28-22(16-25(32)17-27(28)33)19-34-35-29(36)26-18-31(26,23-11-4-2-5-12-23)24-13-6-3-7-14-24/h2-17,19,26H,18H2,1H3,(H,35,36). The van der Waals surface area contributed by atoms with Crippen LogP contribution in [-0.4, -0.2) is 18.1 Å². The van der Waals surface area contributed by atoms with E-state index >= 15 is 0 Å². The lowest BCUT2D eigenvalue weighted by molar-refractivity contribution is -0.122. The molecule has 0 radical (unpaired) electrons. The Balaban J connectivity index is 1.35. The molecule has 4 aromatic carbocycles. The number of carbonyl (C=O) groups is 2. The highest BCUT2D eigenvalue weighted by molar-refractivity contribution is 9.11. The van der Waals surface area contributed by atoms with Gasteiger partial charge in [-0.15, -0.1) is 0 Å². The summed E-state index contributed by atoms with van der Waals surface area (Å²) in [5, 5.41) is 4.24. The number of nitrogens with zero attached hydrogens (tertiary/aromatic N) is 1. The van der Waals surface area contributed by atoms with Gasteiger partial charge in [0.05, 0.1) is 22.2 Å². The van der Waals surface area contributed by atoms with Crippen LogP contribution < -0.4 is 10.2 Å². The lowest BCUT2D eigenvalue weighted by Crippen LogP contribution is -2.25. The maximum absolute atomic E-state index is 13.2. The van der Waals surface area contributed by atoms with Gasteiger partial charge >= 0.3 is 5.97 Å². The van der Waals surface area contributed by atoms with Crippen molar-refractivity contribution in [3.63, 3.8) is 0 Å². The van der Waals surface area contributed by atoms with E-state index < -0.39 is 5.97 Å². The van der Waals surface area contributed by atoms with Crippen LogP contribution >= 0.6 is 31.9 Å². The van der Waals surface area contributed by atoms with Crippen molar-refractivity contribution in [2.75, 3.05) is 0 Å². The summed E-state index contributed by atoms with van der Waals surface area (Å²) in [6.07, 6.45) is 2.19. The Morgan fingerprint density at radius 1 is 0.921 bits per heavy atom. The largest absolute Gasteiger partial charge is 0.421 e. The molecule has 7 heteroatoms. The maximum atomic E-state index is 13.2. The predicted octanol–water partition coefficient (Wildman–Crippen LogP) is 7.20. The number of carbonyl (C=O) groups excluding carboxylic acids is 2. The molecule has 1 N–H and O–H groups in total. The number of rotatable bonds is 7. The average Bonchev–Trinajstić information content (AvgIpc) is 3.69. The smallest absolute Gasteiger partial charge is 0.343 e. The van der Waals surface area contributed by atoms with Crippen LogP contribution in [0.25, 0.3) is 0 Å². The Bertz CT molecular complexity index is 1480. The van der Waals surface area contributed by atoms with Gasteiger partial charge in [0.2, 0.25) is 5.91 Å². The second kappa shape index (κ2) is 11.1. The zero-order valence-electron chi connectivity index (χ0n) is 20.5. The summed E-state index contributed by atoms with van der Waals surface area (Å²) in [5.74, 6) is -0.588. The molecule has 0 spiro atoms. The number of esters is 1. The van der Waals surface area contributed by atoms with Gasteiger partial charge < -0.3 is 4.74 Å². The third-order valence-electron chi connectivity index (χ3n) is 6.72. The summed E-state index contributed by atoms with van der Waals surface area (Å²) in [4.78, 5) is 26.0. The molecule has 0 saturated heterocycles. The third kappa shape index (κ3) is 5.35. The van der Waals surface area contributed by atoms with Crippen molar-refractivity contribution in [3.8, 4) is 5.75 Å². The molecular weight excluding hydrogens is 608 g/mol. The predicted molar refractivity (Wildman–Crippen MR) is 155 cm³/mol. The van der Waals surface area contributed by atoms with E-state index in [1.807, 2.05) is 55.5 Å². The van der Waals surface area contributed by atoms with Gasteiger partial charge in [-0.05, 0) is 64.7 Å². The summed E-state index contributed by atoms with van der Waals surface area (Å²) in [7, 11) is 0. The molecule has 4 aromatic rings. The molecule has 0 bridgehead atoms. The van der Waals surface area contributed by atoms with E-state index in [1.54, 1.807) is 24.3 Å². The minimum absolute atomic E-state index is 0.165. The number of aryl methyl sites for hydroxylation is 1. The maximum Gasteiger partial charge on any atom is 0.343 e. The summed E-state index contributed by atoms with van der Waals surface area (Å²) in [6.45, 7) is 1.91. The zero-order valence-corrected chi connectivity index (χ0v) is 23.7. The van der Waals surface area contributed by atoms with Crippen LogP contribution in [0.4, 0.5) is 0 Å². The van der Waals surface area contributed by atoms with E-state index in [0.717, 1.165) is 21.2 Å². The van der Waals surface area contributed by atoms with Gasteiger partial charge in [-0.25, -0.2) is 10.2 Å². The number of benzene rings is 4. The number of halogens is 2. The SMILES string of the molecule is Cc1cccc(C(=O)Oc2c(Br)cc(Br)cc2C=NNC(=O)C2CC2(c2ccccc2)c2ccccc2)c1. The van der Waals surface area contributed by atoms with Crippen LogP contribution in [0.2, 0.25) is 0 Å². The van der Waals surface area contributed by atoms with Crippen LogP contribution in [0.1, 0.15) is 39.0 Å². The average molecular weight is 632 g/mol. The van der Waals surface area contributed by atoms with Crippen LogP contribution in [0, 0.1) is 12.8 Å². The monoisotopic (exact) mass is 630 g/mol. The van der Waals surface area contributed by atoms with Crippen molar-refractivity contribution < 1.29 is 14.3 Å². The van der Waals surface area contributed by atoms with E-state index in [0.29, 0.717) is 27.8 Å². The van der Waals surface area contributed by atoms with Crippen LogP contribution in [0.5, 0.6) is 5.75 Å². The molecule has 0 heterocycles. The highest BCUT2D eigenvalue weighted by Crippen LogP contribution is 2.58. The summed E-state index contributed by atoms with van der Waals surface area (Å²) >= 11 is 6.95. The molecule has 5 rings (SSSR count). The molecule has 190 valence electrons. The lowest BCUT2D eigenvalue weighted by atomic mass is 9.85. The van der Waals surface area contributed by atoms with E-state index in [9.17, 15) is 9.59 Å². The van der Waals surface area contributed by atoms with Crippen molar-refractivity contribution in [1.82, 2.24) is 5.43 Å². The molecule has 0 aliphatic heterocycles. The van der Waals surface area contributed by atoms with E-state index in [4.69, 9.17) is 4.74 Å². The Kier molecular flexibility index (Phi) is 7.58. The fourth-order valence-electron chi connectivity index (χ4n) is 4.81. The molecule has 0 aromatic heterocycles. The third-order valence-corrected chi connectivity index (χ3v) is 7.77. The van der Waals surface area contributed by atoms with Gasteiger partial charge in [0.15, 0.2) is 5.75 Å². The Morgan fingerprint density at radius 2 is 1.58 bits per heavy atom. The first-order chi connectivity index (χ1) is 18.4. The Hall–Kier alpha value is -3.55. The minimum Gasteiger partial charge on any atom is -0.421 e. The number of hydrazone groups is 1. The number of nitrogens with one attached hydrogen (secondary N) is 1. The van der Waals surface area contributed by atoms with Gasteiger partial charge in [-0.2, -0.15) is 5.10 Å². The number of hydrogen-bond donors (Lipinski definition) is 1. The lowest BCUT2D eigenvalue weighted by Gasteiger charge is -2.18. The Morgan fingerprint density at radius 3 is 2.21 bits per heavy atom. The van der Waals surface area contributed by atoms with E-state index in [2.05, 4.69) is 66.7 Å². The number of amides is 1. The second-order valence-corrected chi connectivity index (χ2v) is 11.0. The van der Waals surface area contributed by atoms with Crippen LogP contribution in [0.3, 0.4) is 0 Å². The molecule has 1 amide bonds. The van der Waals surface area contributed by atoms with Gasteiger partial charge in [-0.3, -0.25) is 4.79 Å². The molecule has 1 unspecified atom stereocenters. The fourth-order valence-corrected chi connectivity index (χ4v) is 6.15.